The molecule has 21 heavy (non-hydrogen) atoms. The highest BCUT2D eigenvalue weighted by Crippen LogP contribution is 2.28. The summed E-state index contributed by atoms with van der Waals surface area (Å²) in [5, 5.41) is 3.71. The molecule has 0 saturated carbocycles. The first kappa shape index (κ1) is 18.9. The summed E-state index contributed by atoms with van der Waals surface area (Å²) in [6.07, 6.45) is 2.84. The van der Waals surface area contributed by atoms with Gasteiger partial charge < -0.3 is 10.1 Å². The first-order valence-corrected chi connectivity index (χ1v) is 8.60. The summed E-state index contributed by atoms with van der Waals surface area (Å²) >= 11 is 0. The van der Waals surface area contributed by atoms with Crippen molar-refractivity contribution in [3.05, 3.63) is 0 Å². The van der Waals surface area contributed by atoms with Crippen LogP contribution < -0.4 is 5.32 Å². The van der Waals surface area contributed by atoms with E-state index in [1.165, 1.54) is 12.8 Å². The van der Waals surface area contributed by atoms with Crippen molar-refractivity contribution in [3.63, 3.8) is 0 Å². The Morgan fingerprint density at radius 3 is 2.33 bits per heavy atom. The van der Waals surface area contributed by atoms with E-state index in [2.05, 4.69) is 65.6 Å². The molecule has 1 heterocycles. The van der Waals surface area contributed by atoms with Gasteiger partial charge in [-0.25, -0.2) is 0 Å². The lowest BCUT2D eigenvalue weighted by atomic mass is 9.83. The van der Waals surface area contributed by atoms with E-state index in [9.17, 15) is 0 Å². The molecule has 0 aromatic rings. The van der Waals surface area contributed by atoms with E-state index in [0.29, 0.717) is 11.5 Å². The first-order valence-electron chi connectivity index (χ1n) is 8.60. The van der Waals surface area contributed by atoms with Crippen LogP contribution in [0.25, 0.3) is 0 Å². The Morgan fingerprint density at radius 1 is 1.24 bits per heavy atom. The smallest absolute Gasteiger partial charge is 0.0757 e. The molecule has 0 aromatic carbocycles. The van der Waals surface area contributed by atoms with Crippen molar-refractivity contribution in [1.82, 2.24) is 10.2 Å². The van der Waals surface area contributed by atoms with Crippen molar-refractivity contribution in [3.8, 4) is 0 Å². The third-order valence-corrected chi connectivity index (χ3v) is 4.14. The second kappa shape index (κ2) is 6.97. The minimum atomic E-state index is -0.0255. The third kappa shape index (κ3) is 7.12. The predicted molar refractivity (Wildman–Crippen MR) is 91.8 cm³/mol. The Labute approximate surface area is 132 Å². The van der Waals surface area contributed by atoms with Crippen molar-refractivity contribution >= 4 is 0 Å². The van der Waals surface area contributed by atoms with Gasteiger partial charge in [0.25, 0.3) is 0 Å². The van der Waals surface area contributed by atoms with Crippen molar-refractivity contribution in [2.75, 3.05) is 26.2 Å². The van der Waals surface area contributed by atoms with Crippen LogP contribution in [0.3, 0.4) is 0 Å². The number of nitrogens with zero attached hydrogens (tertiary/aromatic N) is 1. The summed E-state index contributed by atoms with van der Waals surface area (Å²) < 4.78 is 6.04. The summed E-state index contributed by atoms with van der Waals surface area (Å²) in [4.78, 5) is 2.61. The van der Waals surface area contributed by atoms with Gasteiger partial charge in [-0.05, 0) is 53.4 Å². The highest BCUT2D eigenvalue weighted by molar-refractivity contribution is 4.89. The lowest BCUT2D eigenvalue weighted by Crippen LogP contribution is -2.56. The number of morpholine rings is 1. The molecule has 0 spiro atoms. The maximum atomic E-state index is 6.04. The second-order valence-electron chi connectivity index (χ2n) is 9.02. The van der Waals surface area contributed by atoms with Crippen molar-refractivity contribution in [2.24, 2.45) is 5.41 Å². The lowest BCUT2D eigenvalue weighted by Gasteiger charge is -2.45. The number of rotatable bonds is 6. The molecule has 1 aliphatic rings. The van der Waals surface area contributed by atoms with Crippen molar-refractivity contribution in [1.29, 1.82) is 0 Å². The molecular weight excluding hydrogens is 260 g/mol. The molecule has 0 bridgehead atoms. The monoisotopic (exact) mass is 298 g/mol. The topological polar surface area (TPSA) is 24.5 Å². The Morgan fingerprint density at radius 2 is 1.86 bits per heavy atom. The van der Waals surface area contributed by atoms with Crippen LogP contribution in [0.4, 0.5) is 0 Å². The molecule has 0 aliphatic carbocycles. The van der Waals surface area contributed by atoms with Gasteiger partial charge in [-0.15, -0.1) is 0 Å². The average Bonchev–Trinajstić information content (AvgIpc) is 2.22. The van der Waals surface area contributed by atoms with Gasteiger partial charge in [-0.2, -0.15) is 0 Å². The zero-order chi connectivity index (χ0) is 16.3. The van der Waals surface area contributed by atoms with Crippen LogP contribution >= 0.6 is 0 Å². The fourth-order valence-corrected chi connectivity index (χ4v) is 3.55. The molecule has 1 rings (SSSR count). The Kier molecular flexibility index (Phi) is 6.28. The van der Waals surface area contributed by atoms with Gasteiger partial charge in [0.2, 0.25) is 0 Å². The van der Waals surface area contributed by atoms with Crippen LogP contribution in [0.2, 0.25) is 0 Å². The number of hydrogen-bond donors (Lipinski definition) is 1. The zero-order valence-electron chi connectivity index (χ0n) is 15.7. The molecule has 3 heteroatoms. The minimum absolute atomic E-state index is 0.0255. The van der Waals surface area contributed by atoms with Crippen LogP contribution in [0.1, 0.15) is 68.2 Å². The number of ether oxygens (including phenoxy) is 1. The fourth-order valence-electron chi connectivity index (χ4n) is 3.55. The molecular formula is C18H38N2O. The van der Waals surface area contributed by atoms with Gasteiger partial charge >= 0.3 is 0 Å². The zero-order valence-corrected chi connectivity index (χ0v) is 15.7. The van der Waals surface area contributed by atoms with Crippen LogP contribution in [0.15, 0.2) is 0 Å². The normalized spacial score (nSPS) is 26.6. The third-order valence-electron chi connectivity index (χ3n) is 4.14. The fraction of sp³-hybridized carbons (Fsp3) is 1.00. The average molecular weight is 299 g/mol. The SMILES string of the molecule is CCCC(C)(CNC(C)(C)C)CN1CC(C)OC(C)(C)C1. The van der Waals surface area contributed by atoms with Gasteiger partial charge in [0.15, 0.2) is 0 Å². The van der Waals surface area contributed by atoms with Crippen LogP contribution in [-0.4, -0.2) is 48.3 Å². The van der Waals surface area contributed by atoms with Gasteiger partial charge in [-0.1, -0.05) is 20.3 Å². The molecule has 0 radical (unpaired) electrons. The van der Waals surface area contributed by atoms with Gasteiger partial charge in [-0.3, -0.25) is 4.90 Å². The van der Waals surface area contributed by atoms with E-state index >= 15 is 0 Å². The molecule has 126 valence electrons. The van der Waals surface area contributed by atoms with E-state index in [4.69, 9.17) is 4.74 Å². The van der Waals surface area contributed by atoms with Crippen molar-refractivity contribution < 1.29 is 4.74 Å². The summed E-state index contributed by atoms with van der Waals surface area (Å²) in [7, 11) is 0. The summed E-state index contributed by atoms with van der Waals surface area (Å²) in [5.74, 6) is 0. The maximum absolute atomic E-state index is 6.04. The predicted octanol–water partition coefficient (Wildman–Crippen LogP) is 3.68. The highest BCUT2D eigenvalue weighted by Gasteiger charge is 2.35. The molecule has 2 unspecified atom stereocenters. The van der Waals surface area contributed by atoms with Crippen molar-refractivity contribution in [2.45, 2.75) is 85.5 Å². The molecule has 0 aromatic heterocycles. The van der Waals surface area contributed by atoms with Crippen LogP contribution in [-0.2, 0) is 4.74 Å². The molecule has 3 nitrogen and oxygen atoms in total. The largest absolute Gasteiger partial charge is 0.370 e. The quantitative estimate of drug-likeness (QED) is 0.809. The summed E-state index contributed by atoms with van der Waals surface area (Å²) in [6, 6.07) is 0. The molecule has 2 atom stereocenters. The van der Waals surface area contributed by atoms with E-state index < -0.39 is 0 Å². The maximum Gasteiger partial charge on any atom is 0.0757 e. The Balaban J connectivity index is 2.68. The second-order valence-corrected chi connectivity index (χ2v) is 9.02. The molecule has 1 N–H and O–H groups in total. The van der Waals surface area contributed by atoms with Gasteiger partial charge in [0, 0.05) is 31.7 Å². The first-order chi connectivity index (χ1) is 9.45. The van der Waals surface area contributed by atoms with E-state index in [0.717, 1.165) is 26.2 Å². The number of nitrogens with one attached hydrogen (secondary N) is 1. The lowest BCUT2D eigenvalue weighted by molar-refractivity contribution is -0.134. The van der Waals surface area contributed by atoms with Crippen LogP contribution in [0, 0.1) is 5.41 Å². The highest BCUT2D eigenvalue weighted by atomic mass is 16.5. The summed E-state index contributed by atoms with van der Waals surface area (Å²) in [6.45, 7) is 22.4. The molecule has 0 amide bonds. The molecule has 1 saturated heterocycles. The van der Waals surface area contributed by atoms with E-state index in [1.807, 2.05) is 0 Å². The van der Waals surface area contributed by atoms with Crippen LogP contribution in [0.5, 0.6) is 0 Å². The standard InChI is InChI=1S/C18H38N2O/c1-9-10-18(8,12-19-16(3,4)5)14-20-11-15(2)21-17(6,7)13-20/h15,19H,9-14H2,1-8H3. The number of hydrogen-bond acceptors (Lipinski definition) is 3. The minimum Gasteiger partial charge on any atom is -0.370 e. The van der Waals surface area contributed by atoms with E-state index in [-0.39, 0.29) is 11.1 Å². The summed E-state index contributed by atoms with van der Waals surface area (Å²) in [5.41, 5.74) is 0.490. The van der Waals surface area contributed by atoms with Gasteiger partial charge in [0.05, 0.1) is 11.7 Å². The Hall–Kier alpha value is -0.120. The Bertz CT molecular complexity index is 322. The van der Waals surface area contributed by atoms with E-state index in [1.54, 1.807) is 0 Å². The van der Waals surface area contributed by atoms with Gasteiger partial charge in [0.1, 0.15) is 0 Å². The molecule has 1 fully saturated rings. The molecule has 1 aliphatic heterocycles.